The number of hydrogen-bond donors (Lipinski definition) is 0. The topological polar surface area (TPSA) is 26.3 Å². The van der Waals surface area contributed by atoms with Crippen LogP contribution in [0.3, 0.4) is 0 Å². The highest BCUT2D eigenvalue weighted by Gasteiger charge is 2.09. The molecule has 0 amide bonds. The summed E-state index contributed by atoms with van der Waals surface area (Å²) >= 11 is 1.51. The third-order valence-corrected chi connectivity index (χ3v) is 2.81. The number of unbranched alkanes of at least 4 members (excludes halogenated alkanes) is 1. The second-order valence-electron chi connectivity index (χ2n) is 3.53. The standard InChI is InChI=1S/C11H22O2S/c1-4-6-7-10(5-2)8-13-11(12)9-14-3/h10H,4-9H2,1-3H3. The molecule has 0 heterocycles. The molecule has 0 aromatic carbocycles. The maximum absolute atomic E-state index is 11.1. The zero-order valence-corrected chi connectivity index (χ0v) is 10.4. The van der Waals surface area contributed by atoms with Crippen LogP contribution in [0.25, 0.3) is 0 Å². The molecule has 3 heteroatoms. The van der Waals surface area contributed by atoms with Crippen molar-refractivity contribution >= 4 is 17.7 Å². The monoisotopic (exact) mass is 218 g/mol. The number of ether oxygens (including phenoxy) is 1. The largest absolute Gasteiger partial charge is 0.465 e. The van der Waals surface area contributed by atoms with Crippen molar-refractivity contribution in [3.05, 3.63) is 0 Å². The Balaban J connectivity index is 3.55. The van der Waals surface area contributed by atoms with E-state index in [0.29, 0.717) is 18.3 Å². The van der Waals surface area contributed by atoms with Gasteiger partial charge < -0.3 is 4.74 Å². The van der Waals surface area contributed by atoms with Crippen molar-refractivity contribution in [2.24, 2.45) is 5.92 Å². The summed E-state index contributed by atoms with van der Waals surface area (Å²) in [4.78, 5) is 11.1. The lowest BCUT2D eigenvalue weighted by molar-refractivity contribution is -0.141. The lowest BCUT2D eigenvalue weighted by atomic mass is 10.0. The second kappa shape index (κ2) is 9.38. The zero-order chi connectivity index (χ0) is 10.8. The van der Waals surface area contributed by atoms with Gasteiger partial charge in [-0.2, -0.15) is 11.8 Å². The van der Waals surface area contributed by atoms with E-state index in [0.717, 1.165) is 6.42 Å². The van der Waals surface area contributed by atoms with E-state index in [-0.39, 0.29) is 5.97 Å². The van der Waals surface area contributed by atoms with Crippen molar-refractivity contribution < 1.29 is 9.53 Å². The predicted molar refractivity (Wildman–Crippen MR) is 62.6 cm³/mol. The Morgan fingerprint density at radius 1 is 1.43 bits per heavy atom. The summed E-state index contributed by atoms with van der Waals surface area (Å²) in [6, 6.07) is 0. The first-order chi connectivity index (χ1) is 6.74. The fraction of sp³-hybridized carbons (Fsp3) is 0.909. The van der Waals surface area contributed by atoms with E-state index in [1.807, 2.05) is 6.26 Å². The van der Waals surface area contributed by atoms with Crippen LogP contribution in [0.4, 0.5) is 0 Å². The van der Waals surface area contributed by atoms with E-state index in [4.69, 9.17) is 4.74 Å². The Morgan fingerprint density at radius 3 is 2.64 bits per heavy atom. The first-order valence-electron chi connectivity index (χ1n) is 5.39. The van der Waals surface area contributed by atoms with Crippen LogP contribution in [0.5, 0.6) is 0 Å². The van der Waals surface area contributed by atoms with Gasteiger partial charge in [0.1, 0.15) is 0 Å². The minimum Gasteiger partial charge on any atom is -0.465 e. The van der Waals surface area contributed by atoms with Gasteiger partial charge in [-0.05, 0) is 18.6 Å². The maximum Gasteiger partial charge on any atom is 0.315 e. The zero-order valence-electron chi connectivity index (χ0n) is 9.54. The van der Waals surface area contributed by atoms with Crippen LogP contribution in [0.1, 0.15) is 39.5 Å². The van der Waals surface area contributed by atoms with E-state index in [9.17, 15) is 4.79 Å². The van der Waals surface area contributed by atoms with Crippen LogP contribution < -0.4 is 0 Å². The Morgan fingerprint density at radius 2 is 2.14 bits per heavy atom. The molecular formula is C11H22O2S. The summed E-state index contributed by atoms with van der Waals surface area (Å²) in [5.41, 5.74) is 0. The van der Waals surface area contributed by atoms with Crippen molar-refractivity contribution in [1.29, 1.82) is 0 Å². The van der Waals surface area contributed by atoms with Gasteiger partial charge in [0.25, 0.3) is 0 Å². The lowest BCUT2D eigenvalue weighted by Crippen LogP contribution is -2.15. The van der Waals surface area contributed by atoms with Crippen molar-refractivity contribution in [3.8, 4) is 0 Å². The summed E-state index contributed by atoms with van der Waals surface area (Å²) in [6.07, 6.45) is 6.65. The molecule has 0 aliphatic rings. The highest BCUT2D eigenvalue weighted by atomic mass is 32.2. The average molecular weight is 218 g/mol. The third-order valence-electron chi connectivity index (χ3n) is 2.29. The van der Waals surface area contributed by atoms with Crippen LogP contribution >= 0.6 is 11.8 Å². The number of rotatable bonds is 8. The fourth-order valence-corrected chi connectivity index (χ4v) is 1.59. The van der Waals surface area contributed by atoms with Crippen LogP contribution in [0.15, 0.2) is 0 Å². The van der Waals surface area contributed by atoms with Crippen LogP contribution in [-0.4, -0.2) is 24.6 Å². The van der Waals surface area contributed by atoms with Gasteiger partial charge in [0.2, 0.25) is 0 Å². The molecule has 0 aromatic rings. The predicted octanol–water partition coefficient (Wildman–Crippen LogP) is 3.11. The highest BCUT2D eigenvalue weighted by molar-refractivity contribution is 7.99. The normalized spacial score (nSPS) is 12.5. The lowest BCUT2D eigenvalue weighted by Gasteiger charge is -2.14. The van der Waals surface area contributed by atoms with Crippen molar-refractivity contribution in [1.82, 2.24) is 0 Å². The molecule has 84 valence electrons. The van der Waals surface area contributed by atoms with Crippen molar-refractivity contribution in [2.45, 2.75) is 39.5 Å². The molecule has 0 rings (SSSR count). The molecular weight excluding hydrogens is 196 g/mol. The smallest absolute Gasteiger partial charge is 0.315 e. The molecule has 0 aromatic heterocycles. The van der Waals surface area contributed by atoms with Crippen LogP contribution in [-0.2, 0) is 9.53 Å². The van der Waals surface area contributed by atoms with Crippen molar-refractivity contribution in [3.63, 3.8) is 0 Å². The van der Waals surface area contributed by atoms with Gasteiger partial charge in [-0.3, -0.25) is 4.79 Å². The first-order valence-corrected chi connectivity index (χ1v) is 6.78. The number of esters is 1. The van der Waals surface area contributed by atoms with Gasteiger partial charge in [-0.25, -0.2) is 0 Å². The minimum atomic E-state index is -0.0764. The van der Waals surface area contributed by atoms with Gasteiger partial charge in [0, 0.05) is 0 Å². The van der Waals surface area contributed by atoms with Gasteiger partial charge in [-0.1, -0.05) is 33.1 Å². The summed E-state index contributed by atoms with van der Waals surface area (Å²) in [5, 5.41) is 0. The highest BCUT2D eigenvalue weighted by Crippen LogP contribution is 2.13. The molecule has 0 saturated carbocycles. The van der Waals surface area contributed by atoms with E-state index >= 15 is 0 Å². The fourth-order valence-electron chi connectivity index (χ4n) is 1.27. The average Bonchev–Trinajstić information content (AvgIpc) is 2.19. The summed E-state index contributed by atoms with van der Waals surface area (Å²) in [5.74, 6) is 0.956. The van der Waals surface area contributed by atoms with E-state index in [2.05, 4.69) is 13.8 Å². The summed E-state index contributed by atoms with van der Waals surface area (Å²) in [6.45, 7) is 4.95. The van der Waals surface area contributed by atoms with E-state index < -0.39 is 0 Å². The Labute approximate surface area is 91.8 Å². The first kappa shape index (κ1) is 13.8. The van der Waals surface area contributed by atoms with Gasteiger partial charge >= 0.3 is 5.97 Å². The Hall–Kier alpha value is -0.180. The molecule has 0 radical (unpaired) electrons. The van der Waals surface area contributed by atoms with Crippen LogP contribution in [0.2, 0.25) is 0 Å². The molecule has 0 saturated heterocycles. The van der Waals surface area contributed by atoms with Crippen molar-refractivity contribution in [2.75, 3.05) is 18.6 Å². The minimum absolute atomic E-state index is 0.0764. The number of carbonyl (C=O) groups is 1. The quantitative estimate of drug-likeness (QED) is 0.586. The molecule has 0 aliphatic carbocycles. The molecule has 0 bridgehead atoms. The van der Waals surface area contributed by atoms with Crippen LogP contribution in [0, 0.1) is 5.92 Å². The summed E-state index contributed by atoms with van der Waals surface area (Å²) in [7, 11) is 0. The molecule has 1 unspecified atom stereocenters. The van der Waals surface area contributed by atoms with Gasteiger partial charge in [-0.15, -0.1) is 0 Å². The Kier molecular flexibility index (Phi) is 9.26. The molecule has 0 aliphatic heterocycles. The van der Waals surface area contributed by atoms with E-state index in [1.54, 1.807) is 0 Å². The number of thioether (sulfide) groups is 1. The second-order valence-corrected chi connectivity index (χ2v) is 4.40. The van der Waals surface area contributed by atoms with Gasteiger partial charge in [0.15, 0.2) is 0 Å². The SMILES string of the molecule is CCCCC(CC)COC(=O)CSC. The summed E-state index contributed by atoms with van der Waals surface area (Å²) < 4.78 is 5.17. The molecule has 0 N–H and O–H groups in total. The number of hydrogen-bond acceptors (Lipinski definition) is 3. The molecule has 0 spiro atoms. The molecule has 2 nitrogen and oxygen atoms in total. The van der Waals surface area contributed by atoms with E-state index in [1.165, 1.54) is 31.0 Å². The molecule has 0 fully saturated rings. The maximum atomic E-state index is 11.1. The Bertz CT molecular complexity index is 148. The number of carbonyl (C=O) groups excluding carboxylic acids is 1. The molecule has 1 atom stereocenters. The third kappa shape index (κ3) is 7.25. The molecule has 14 heavy (non-hydrogen) atoms. The van der Waals surface area contributed by atoms with Gasteiger partial charge in [0.05, 0.1) is 12.4 Å².